The zero-order chi connectivity index (χ0) is 22.1. The summed E-state index contributed by atoms with van der Waals surface area (Å²) in [4.78, 5) is 6.37. The summed E-state index contributed by atoms with van der Waals surface area (Å²) in [6, 6.07) is 15.3. The summed E-state index contributed by atoms with van der Waals surface area (Å²) in [7, 11) is 1.95. The van der Waals surface area contributed by atoms with Gasteiger partial charge >= 0.3 is 0 Å². The van der Waals surface area contributed by atoms with Gasteiger partial charge in [-0.3, -0.25) is 4.99 Å². The van der Waals surface area contributed by atoms with Crippen molar-refractivity contribution in [2.75, 3.05) is 21.2 Å². The number of nitrogens with zero attached hydrogens (tertiary/aromatic N) is 2. The second-order valence-electron chi connectivity index (χ2n) is 7.41. The van der Waals surface area contributed by atoms with Gasteiger partial charge in [0.05, 0.1) is 12.9 Å². The van der Waals surface area contributed by atoms with Gasteiger partial charge in [-0.15, -0.1) is 24.0 Å². The number of sulfonamides is 1. The molecule has 0 heterocycles. The van der Waals surface area contributed by atoms with Crippen molar-refractivity contribution in [2.24, 2.45) is 4.99 Å². The summed E-state index contributed by atoms with van der Waals surface area (Å²) in [6.45, 7) is 4.78. The molecule has 2 aromatic rings. The van der Waals surface area contributed by atoms with E-state index in [-0.39, 0.29) is 35.8 Å². The van der Waals surface area contributed by atoms with Gasteiger partial charge in [-0.05, 0) is 42.7 Å². The monoisotopic (exact) mass is 560 g/mol. The van der Waals surface area contributed by atoms with Crippen molar-refractivity contribution in [3.63, 3.8) is 0 Å². The van der Waals surface area contributed by atoms with E-state index < -0.39 is 10.0 Å². The third-order valence-corrected chi connectivity index (χ3v) is 5.99. The van der Waals surface area contributed by atoms with Crippen molar-refractivity contribution >= 4 is 40.0 Å². The molecule has 0 saturated heterocycles. The first kappa shape index (κ1) is 27.2. The van der Waals surface area contributed by atoms with Gasteiger partial charge in [-0.1, -0.05) is 36.4 Å². The minimum atomic E-state index is -3.39. The van der Waals surface area contributed by atoms with Gasteiger partial charge in [0.1, 0.15) is 5.75 Å². The van der Waals surface area contributed by atoms with Crippen molar-refractivity contribution in [1.82, 2.24) is 14.9 Å². The molecule has 0 aliphatic rings. The summed E-state index contributed by atoms with van der Waals surface area (Å²) in [5, 5.41) is 3.33. The van der Waals surface area contributed by atoms with Gasteiger partial charge in [0.2, 0.25) is 10.0 Å². The molecule has 2 rings (SSSR count). The Balaban J connectivity index is 0.00000480. The molecule has 31 heavy (non-hydrogen) atoms. The lowest BCUT2D eigenvalue weighted by Gasteiger charge is -2.23. The molecular weight excluding hydrogens is 527 g/mol. The largest absolute Gasteiger partial charge is 0.497 e. The van der Waals surface area contributed by atoms with Crippen molar-refractivity contribution < 1.29 is 13.2 Å². The van der Waals surface area contributed by atoms with Crippen LogP contribution in [0.2, 0.25) is 0 Å². The lowest BCUT2D eigenvalue weighted by Crippen LogP contribution is -2.38. The Morgan fingerprint density at radius 2 is 1.71 bits per heavy atom. The van der Waals surface area contributed by atoms with Gasteiger partial charge < -0.3 is 15.0 Å². The highest BCUT2D eigenvalue weighted by Gasteiger charge is 2.16. The molecule has 0 aliphatic carbocycles. The Labute approximate surface area is 203 Å². The van der Waals surface area contributed by atoms with Gasteiger partial charge in [-0.25, -0.2) is 13.1 Å². The van der Waals surface area contributed by atoms with Crippen LogP contribution < -0.4 is 14.8 Å². The van der Waals surface area contributed by atoms with Crippen molar-refractivity contribution in [3.05, 3.63) is 65.2 Å². The highest BCUT2D eigenvalue weighted by molar-refractivity contribution is 14.0. The van der Waals surface area contributed by atoms with Crippen LogP contribution in [0.15, 0.2) is 53.5 Å². The summed E-state index contributed by atoms with van der Waals surface area (Å²) in [5.74, 6) is 1.50. The number of hydrogen-bond acceptors (Lipinski definition) is 4. The number of ether oxygens (including phenoxy) is 1. The Morgan fingerprint density at radius 3 is 2.26 bits per heavy atom. The van der Waals surface area contributed by atoms with Gasteiger partial charge in [0.15, 0.2) is 5.96 Å². The molecule has 0 amide bonds. The van der Waals surface area contributed by atoms with E-state index in [1.165, 1.54) is 0 Å². The molecule has 2 N–H and O–H groups in total. The molecule has 0 atom stereocenters. The maximum Gasteiger partial charge on any atom is 0.216 e. The molecule has 0 radical (unpaired) electrons. The standard InChI is InChI=1S/C22H32N4O3S.HI/c1-17(2)25-30(27,28)16-20-9-7-6-8-19(20)14-24-22(23-3)26(4)15-18-10-12-21(29-5)13-11-18;/h6-13,17,25H,14-16H2,1-5H3,(H,23,24);1H. The first-order chi connectivity index (χ1) is 14.2. The molecule has 0 aromatic heterocycles. The Bertz CT molecular complexity index is 947. The number of halogens is 1. The van der Waals surface area contributed by atoms with Crippen LogP contribution in [-0.4, -0.2) is 46.5 Å². The van der Waals surface area contributed by atoms with Crippen molar-refractivity contribution in [2.45, 2.75) is 38.7 Å². The summed E-state index contributed by atoms with van der Waals surface area (Å²) < 4.78 is 32.5. The molecule has 0 spiro atoms. The molecule has 9 heteroatoms. The van der Waals surface area contributed by atoms with E-state index in [0.29, 0.717) is 13.1 Å². The number of hydrogen-bond donors (Lipinski definition) is 2. The Kier molecular flexibility index (Phi) is 11.3. The molecule has 0 fully saturated rings. The van der Waals surface area contributed by atoms with Crippen LogP contribution in [0.3, 0.4) is 0 Å². The van der Waals surface area contributed by atoms with E-state index in [4.69, 9.17) is 4.74 Å². The number of aliphatic imine (C=N–C) groups is 1. The Hall–Kier alpha value is -1.85. The zero-order valence-corrected chi connectivity index (χ0v) is 21.9. The van der Waals surface area contributed by atoms with E-state index in [0.717, 1.165) is 28.4 Å². The van der Waals surface area contributed by atoms with Crippen LogP contribution in [0.1, 0.15) is 30.5 Å². The zero-order valence-electron chi connectivity index (χ0n) is 18.8. The van der Waals surface area contributed by atoms with Crippen LogP contribution in [0.25, 0.3) is 0 Å². The van der Waals surface area contributed by atoms with Gasteiger partial charge in [0.25, 0.3) is 0 Å². The minimum absolute atomic E-state index is 0. The highest BCUT2D eigenvalue weighted by Crippen LogP contribution is 2.14. The summed E-state index contributed by atoms with van der Waals surface area (Å²) in [6.07, 6.45) is 0. The smallest absolute Gasteiger partial charge is 0.216 e. The normalized spacial score (nSPS) is 11.7. The molecule has 0 unspecified atom stereocenters. The molecular formula is C22H33IN4O3S. The molecule has 0 saturated carbocycles. The average Bonchev–Trinajstić information content (AvgIpc) is 2.69. The molecule has 7 nitrogen and oxygen atoms in total. The summed E-state index contributed by atoms with van der Waals surface area (Å²) in [5.41, 5.74) is 2.82. The van der Waals surface area contributed by atoms with Gasteiger partial charge in [-0.2, -0.15) is 0 Å². The predicted octanol–water partition coefficient (Wildman–Crippen LogP) is 3.35. The SMILES string of the molecule is CN=C(NCc1ccccc1CS(=O)(=O)NC(C)C)N(C)Cc1ccc(OC)cc1.I. The third-order valence-electron chi connectivity index (χ3n) is 4.47. The van der Waals surface area contributed by atoms with E-state index in [2.05, 4.69) is 15.0 Å². The maximum absolute atomic E-state index is 12.3. The van der Waals surface area contributed by atoms with E-state index in [1.54, 1.807) is 14.2 Å². The third kappa shape index (κ3) is 9.04. The number of guanidine groups is 1. The number of benzene rings is 2. The van der Waals surface area contributed by atoms with Crippen LogP contribution in [0, 0.1) is 0 Å². The molecule has 0 aliphatic heterocycles. The average molecular weight is 561 g/mol. The highest BCUT2D eigenvalue weighted by atomic mass is 127. The van der Waals surface area contributed by atoms with E-state index in [9.17, 15) is 8.42 Å². The molecule has 172 valence electrons. The van der Waals surface area contributed by atoms with Crippen molar-refractivity contribution in [1.29, 1.82) is 0 Å². The number of rotatable bonds is 9. The predicted molar refractivity (Wildman–Crippen MR) is 137 cm³/mol. The fraction of sp³-hybridized carbons (Fsp3) is 0.409. The Morgan fingerprint density at radius 1 is 1.10 bits per heavy atom. The first-order valence-corrected chi connectivity index (χ1v) is 11.5. The minimum Gasteiger partial charge on any atom is -0.497 e. The van der Waals surface area contributed by atoms with Gasteiger partial charge in [0, 0.05) is 33.2 Å². The van der Waals surface area contributed by atoms with E-state index >= 15 is 0 Å². The van der Waals surface area contributed by atoms with Crippen LogP contribution in [0.5, 0.6) is 5.75 Å². The lowest BCUT2D eigenvalue weighted by molar-refractivity contribution is 0.414. The fourth-order valence-electron chi connectivity index (χ4n) is 3.11. The first-order valence-electron chi connectivity index (χ1n) is 9.85. The van der Waals surface area contributed by atoms with Crippen LogP contribution in [0.4, 0.5) is 0 Å². The second-order valence-corrected chi connectivity index (χ2v) is 9.16. The maximum atomic E-state index is 12.3. The number of methoxy groups -OCH3 is 1. The van der Waals surface area contributed by atoms with Crippen molar-refractivity contribution in [3.8, 4) is 5.75 Å². The fourth-order valence-corrected chi connectivity index (χ4v) is 4.61. The van der Waals surface area contributed by atoms with E-state index in [1.807, 2.05) is 74.3 Å². The topological polar surface area (TPSA) is 83.0 Å². The van der Waals surface area contributed by atoms with Crippen LogP contribution in [-0.2, 0) is 28.9 Å². The molecule has 2 aromatic carbocycles. The summed E-state index contributed by atoms with van der Waals surface area (Å²) >= 11 is 0. The quantitative estimate of drug-likeness (QED) is 0.279. The second kappa shape index (κ2) is 12.9. The lowest BCUT2D eigenvalue weighted by atomic mass is 10.1. The number of nitrogens with one attached hydrogen (secondary N) is 2. The molecule has 0 bridgehead atoms. The van der Waals surface area contributed by atoms with Crippen LogP contribution >= 0.6 is 24.0 Å².